The van der Waals surface area contributed by atoms with Gasteiger partial charge in [0.05, 0.1) is 6.54 Å². The molecular formula is C7H15N3O2. The maximum atomic E-state index is 10.7. The van der Waals surface area contributed by atoms with Gasteiger partial charge in [0.15, 0.2) is 0 Å². The van der Waals surface area contributed by atoms with Gasteiger partial charge >= 0.3 is 0 Å². The van der Waals surface area contributed by atoms with Crippen molar-refractivity contribution in [1.29, 1.82) is 0 Å². The molecule has 0 saturated heterocycles. The number of hydrogen-bond donors (Lipinski definition) is 3. The predicted octanol–water partition coefficient (Wildman–Crippen LogP) is -1.41. The number of nitrogens with two attached hydrogens (primary N) is 1. The van der Waals surface area contributed by atoms with E-state index in [9.17, 15) is 9.59 Å². The number of carbonyl (C=O) groups excluding carboxylic acids is 2. The Morgan fingerprint density at radius 3 is 2.58 bits per heavy atom. The topological polar surface area (TPSA) is 84.2 Å². The van der Waals surface area contributed by atoms with Gasteiger partial charge in [0.25, 0.3) is 0 Å². The van der Waals surface area contributed by atoms with Crippen molar-refractivity contribution in [2.75, 3.05) is 20.1 Å². The SMILES string of the molecule is CNC(=O)CCCNCC(N)=O. The van der Waals surface area contributed by atoms with Crippen LogP contribution in [0.4, 0.5) is 0 Å². The van der Waals surface area contributed by atoms with Crippen LogP contribution in [0.3, 0.4) is 0 Å². The Morgan fingerprint density at radius 1 is 1.42 bits per heavy atom. The van der Waals surface area contributed by atoms with Crippen molar-refractivity contribution in [3.8, 4) is 0 Å². The van der Waals surface area contributed by atoms with Crippen molar-refractivity contribution < 1.29 is 9.59 Å². The van der Waals surface area contributed by atoms with E-state index in [4.69, 9.17) is 5.73 Å². The van der Waals surface area contributed by atoms with E-state index in [1.165, 1.54) is 0 Å². The summed E-state index contributed by atoms with van der Waals surface area (Å²) in [6.45, 7) is 0.810. The van der Waals surface area contributed by atoms with Gasteiger partial charge < -0.3 is 16.4 Å². The van der Waals surface area contributed by atoms with Crippen LogP contribution in [-0.4, -0.2) is 32.0 Å². The third kappa shape index (κ3) is 7.01. The number of carbonyl (C=O) groups is 2. The fourth-order valence-corrected chi connectivity index (χ4v) is 0.711. The smallest absolute Gasteiger partial charge is 0.231 e. The van der Waals surface area contributed by atoms with E-state index in [1.54, 1.807) is 7.05 Å². The summed E-state index contributed by atoms with van der Waals surface area (Å²) in [5.41, 5.74) is 4.88. The van der Waals surface area contributed by atoms with Crippen LogP contribution in [0.1, 0.15) is 12.8 Å². The van der Waals surface area contributed by atoms with Crippen LogP contribution in [0.2, 0.25) is 0 Å². The van der Waals surface area contributed by atoms with E-state index in [2.05, 4.69) is 10.6 Å². The van der Waals surface area contributed by atoms with Gasteiger partial charge in [-0.25, -0.2) is 0 Å². The molecule has 0 saturated carbocycles. The summed E-state index contributed by atoms with van der Waals surface area (Å²) in [7, 11) is 1.60. The fourth-order valence-electron chi connectivity index (χ4n) is 0.711. The first-order valence-electron chi connectivity index (χ1n) is 3.86. The predicted molar refractivity (Wildman–Crippen MR) is 45.4 cm³/mol. The average molecular weight is 173 g/mol. The lowest BCUT2D eigenvalue weighted by Crippen LogP contribution is -2.29. The van der Waals surface area contributed by atoms with Gasteiger partial charge in [0, 0.05) is 13.5 Å². The minimum atomic E-state index is -0.380. The van der Waals surface area contributed by atoms with Crippen molar-refractivity contribution in [2.45, 2.75) is 12.8 Å². The lowest BCUT2D eigenvalue weighted by molar-refractivity contribution is -0.120. The summed E-state index contributed by atoms with van der Waals surface area (Å²) in [5, 5.41) is 5.32. The zero-order valence-electron chi connectivity index (χ0n) is 7.22. The monoisotopic (exact) mass is 173 g/mol. The first-order chi connectivity index (χ1) is 5.66. The Morgan fingerprint density at radius 2 is 2.08 bits per heavy atom. The molecule has 70 valence electrons. The lowest BCUT2D eigenvalue weighted by atomic mass is 10.3. The number of nitrogens with one attached hydrogen (secondary N) is 2. The van der Waals surface area contributed by atoms with Crippen molar-refractivity contribution in [2.24, 2.45) is 5.73 Å². The fraction of sp³-hybridized carbons (Fsp3) is 0.714. The molecule has 0 rings (SSSR count). The van der Waals surface area contributed by atoms with Crippen molar-refractivity contribution in [3.05, 3.63) is 0 Å². The third-order valence-corrected chi connectivity index (χ3v) is 1.34. The number of rotatable bonds is 6. The van der Waals surface area contributed by atoms with Gasteiger partial charge in [0.2, 0.25) is 11.8 Å². The van der Waals surface area contributed by atoms with E-state index in [0.29, 0.717) is 19.4 Å². The van der Waals surface area contributed by atoms with E-state index < -0.39 is 0 Å². The minimum Gasteiger partial charge on any atom is -0.369 e. The molecule has 0 aromatic carbocycles. The molecule has 0 spiro atoms. The zero-order chi connectivity index (χ0) is 9.40. The van der Waals surface area contributed by atoms with Gasteiger partial charge in [-0.15, -0.1) is 0 Å². The van der Waals surface area contributed by atoms with Gasteiger partial charge in [0.1, 0.15) is 0 Å². The second-order valence-corrected chi connectivity index (χ2v) is 2.42. The minimum absolute atomic E-state index is 0.0101. The van der Waals surface area contributed by atoms with Crippen LogP contribution in [-0.2, 0) is 9.59 Å². The first-order valence-corrected chi connectivity index (χ1v) is 3.86. The molecule has 0 aromatic rings. The highest BCUT2D eigenvalue weighted by molar-refractivity contribution is 5.76. The molecule has 4 N–H and O–H groups in total. The van der Waals surface area contributed by atoms with Crippen LogP contribution in [0, 0.1) is 0 Å². The molecule has 0 aliphatic carbocycles. The van der Waals surface area contributed by atoms with Crippen LogP contribution >= 0.6 is 0 Å². The first kappa shape index (κ1) is 10.9. The standard InChI is InChI=1S/C7H15N3O2/c1-9-7(12)3-2-4-10-5-6(8)11/h10H,2-5H2,1H3,(H2,8,11)(H,9,12). The number of hydrogen-bond acceptors (Lipinski definition) is 3. The van der Waals surface area contributed by atoms with E-state index >= 15 is 0 Å². The Kier molecular flexibility index (Phi) is 6.00. The summed E-state index contributed by atoms with van der Waals surface area (Å²) < 4.78 is 0. The molecule has 0 atom stereocenters. The van der Waals surface area contributed by atoms with Crippen molar-refractivity contribution in [1.82, 2.24) is 10.6 Å². The molecular weight excluding hydrogens is 158 g/mol. The van der Waals surface area contributed by atoms with Crippen LogP contribution in [0.25, 0.3) is 0 Å². The molecule has 0 aromatic heterocycles. The lowest BCUT2D eigenvalue weighted by Gasteiger charge is -2.00. The van der Waals surface area contributed by atoms with Gasteiger partial charge in [-0.1, -0.05) is 0 Å². The summed E-state index contributed by atoms with van der Waals surface area (Å²) >= 11 is 0. The Hall–Kier alpha value is -1.10. The van der Waals surface area contributed by atoms with Crippen molar-refractivity contribution in [3.63, 3.8) is 0 Å². The quantitative estimate of drug-likeness (QED) is 0.431. The summed E-state index contributed by atoms with van der Waals surface area (Å²) in [5.74, 6) is -0.370. The molecule has 0 radical (unpaired) electrons. The molecule has 0 heterocycles. The maximum Gasteiger partial charge on any atom is 0.231 e. The Labute approximate surface area is 71.7 Å². The molecule has 0 unspecified atom stereocenters. The average Bonchev–Trinajstić information content (AvgIpc) is 2.03. The zero-order valence-corrected chi connectivity index (χ0v) is 7.22. The maximum absolute atomic E-state index is 10.7. The van der Waals surface area contributed by atoms with E-state index in [0.717, 1.165) is 0 Å². The Bertz CT molecular complexity index is 159. The second-order valence-electron chi connectivity index (χ2n) is 2.42. The van der Waals surface area contributed by atoms with Crippen LogP contribution in [0.15, 0.2) is 0 Å². The van der Waals surface area contributed by atoms with Crippen molar-refractivity contribution >= 4 is 11.8 Å². The molecule has 0 aliphatic rings. The second kappa shape index (κ2) is 6.60. The van der Waals surface area contributed by atoms with E-state index in [-0.39, 0.29) is 18.4 Å². The van der Waals surface area contributed by atoms with Gasteiger partial charge in [-0.05, 0) is 13.0 Å². The van der Waals surface area contributed by atoms with Gasteiger partial charge in [-0.2, -0.15) is 0 Å². The van der Waals surface area contributed by atoms with Crippen LogP contribution in [0.5, 0.6) is 0 Å². The normalized spacial score (nSPS) is 9.42. The number of primary amides is 1. The molecule has 0 fully saturated rings. The van der Waals surface area contributed by atoms with E-state index in [1.807, 2.05) is 0 Å². The van der Waals surface area contributed by atoms with Crippen LogP contribution < -0.4 is 16.4 Å². The molecule has 2 amide bonds. The molecule has 5 heteroatoms. The highest BCUT2D eigenvalue weighted by Crippen LogP contribution is 1.84. The summed E-state index contributed by atoms with van der Waals surface area (Å²) in [4.78, 5) is 20.9. The Balaban J connectivity index is 3.11. The third-order valence-electron chi connectivity index (χ3n) is 1.34. The largest absolute Gasteiger partial charge is 0.369 e. The highest BCUT2D eigenvalue weighted by Gasteiger charge is 1.97. The summed E-state index contributed by atoms with van der Waals surface area (Å²) in [6, 6.07) is 0. The summed E-state index contributed by atoms with van der Waals surface area (Å²) in [6.07, 6.45) is 1.19. The molecule has 5 nitrogen and oxygen atoms in total. The van der Waals surface area contributed by atoms with Gasteiger partial charge in [-0.3, -0.25) is 9.59 Å². The molecule has 0 aliphatic heterocycles. The molecule has 12 heavy (non-hydrogen) atoms. The number of amides is 2. The highest BCUT2D eigenvalue weighted by atomic mass is 16.1. The molecule has 0 bridgehead atoms.